The van der Waals surface area contributed by atoms with Crippen LogP contribution in [0.4, 0.5) is 0 Å². The number of aromatic nitrogens is 1. The lowest BCUT2D eigenvalue weighted by atomic mass is 9.97. The van der Waals surface area contributed by atoms with Crippen LogP contribution < -0.4 is 0 Å². The van der Waals surface area contributed by atoms with E-state index in [-0.39, 0.29) is 23.5 Å². The number of hydrogen-bond acceptors (Lipinski definition) is 6. The molecule has 0 atom stereocenters. The van der Waals surface area contributed by atoms with Crippen LogP contribution in [0.25, 0.3) is 11.1 Å². The van der Waals surface area contributed by atoms with E-state index in [9.17, 15) is 9.59 Å². The van der Waals surface area contributed by atoms with Gasteiger partial charge in [-0.1, -0.05) is 23.9 Å². The molecule has 1 aliphatic rings. The summed E-state index contributed by atoms with van der Waals surface area (Å²) in [6.07, 6.45) is 1.33. The van der Waals surface area contributed by atoms with E-state index in [1.165, 1.54) is 11.8 Å². The highest BCUT2D eigenvalue weighted by atomic mass is 32.2. The lowest BCUT2D eigenvalue weighted by Crippen LogP contribution is -2.41. The van der Waals surface area contributed by atoms with Gasteiger partial charge >= 0.3 is 5.97 Å². The molecule has 1 aromatic heterocycles. The fourth-order valence-electron chi connectivity index (χ4n) is 2.75. The van der Waals surface area contributed by atoms with Gasteiger partial charge in [-0.2, -0.15) is 0 Å². The molecule has 0 spiro atoms. The Labute approximate surface area is 144 Å². The van der Waals surface area contributed by atoms with Gasteiger partial charge in [0.25, 0.3) is 5.22 Å². The fourth-order valence-corrected chi connectivity index (χ4v) is 3.49. The molecule has 1 aliphatic heterocycles. The largest absolute Gasteiger partial charge is 0.466 e. The zero-order valence-corrected chi connectivity index (χ0v) is 14.4. The van der Waals surface area contributed by atoms with Crippen LogP contribution >= 0.6 is 11.8 Å². The highest BCUT2D eigenvalue weighted by molar-refractivity contribution is 7.99. The Morgan fingerprint density at radius 2 is 2.08 bits per heavy atom. The zero-order valence-electron chi connectivity index (χ0n) is 13.6. The Morgan fingerprint density at radius 3 is 2.79 bits per heavy atom. The third-order valence-corrected chi connectivity index (χ3v) is 4.87. The van der Waals surface area contributed by atoms with Crippen LogP contribution in [0, 0.1) is 5.92 Å². The second kappa shape index (κ2) is 7.70. The van der Waals surface area contributed by atoms with Gasteiger partial charge in [-0.3, -0.25) is 9.59 Å². The Kier molecular flexibility index (Phi) is 5.40. The normalized spacial score (nSPS) is 15.6. The third kappa shape index (κ3) is 3.90. The molecule has 2 heterocycles. The van der Waals surface area contributed by atoms with Crippen LogP contribution in [0.2, 0.25) is 0 Å². The van der Waals surface area contributed by atoms with E-state index in [2.05, 4.69) is 4.98 Å². The highest BCUT2D eigenvalue weighted by Gasteiger charge is 2.28. The van der Waals surface area contributed by atoms with Gasteiger partial charge < -0.3 is 14.1 Å². The van der Waals surface area contributed by atoms with Gasteiger partial charge in [0.2, 0.25) is 5.91 Å². The maximum Gasteiger partial charge on any atom is 0.309 e. The summed E-state index contributed by atoms with van der Waals surface area (Å²) in [4.78, 5) is 30.2. The minimum atomic E-state index is -0.148. The number of carbonyl (C=O) groups is 2. The first-order valence-corrected chi connectivity index (χ1v) is 9.08. The first-order valence-electron chi connectivity index (χ1n) is 8.10. The molecule has 0 bridgehead atoms. The topological polar surface area (TPSA) is 72.6 Å². The molecule has 3 rings (SSSR count). The molecule has 0 N–H and O–H groups in total. The van der Waals surface area contributed by atoms with Crippen molar-refractivity contribution in [2.75, 3.05) is 25.4 Å². The number of amides is 1. The van der Waals surface area contributed by atoms with Crippen LogP contribution in [0.1, 0.15) is 19.8 Å². The first kappa shape index (κ1) is 16.8. The summed E-state index contributed by atoms with van der Waals surface area (Å²) in [7, 11) is 0. The number of para-hydroxylation sites is 2. The molecular formula is C17H20N2O4S. The van der Waals surface area contributed by atoms with E-state index >= 15 is 0 Å². The van der Waals surface area contributed by atoms with Crippen molar-refractivity contribution in [3.8, 4) is 0 Å². The summed E-state index contributed by atoms with van der Waals surface area (Å²) >= 11 is 1.30. The molecule has 1 amide bonds. The standard InChI is InChI=1S/C17H20N2O4S/c1-2-22-16(21)12-7-9-19(10-8-12)15(20)11-24-17-18-13-5-3-4-6-14(13)23-17/h3-6,12H,2,7-11H2,1H3. The van der Waals surface area contributed by atoms with Crippen LogP contribution in [0.5, 0.6) is 0 Å². The molecular weight excluding hydrogens is 328 g/mol. The van der Waals surface area contributed by atoms with Crippen LogP contribution in [-0.2, 0) is 14.3 Å². The van der Waals surface area contributed by atoms with E-state index in [4.69, 9.17) is 9.15 Å². The van der Waals surface area contributed by atoms with E-state index < -0.39 is 0 Å². The lowest BCUT2D eigenvalue weighted by Gasteiger charge is -2.30. The molecule has 0 radical (unpaired) electrons. The number of carbonyl (C=O) groups excluding carboxylic acids is 2. The summed E-state index contributed by atoms with van der Waals surface area (Å²) in [6, 6.07) is 7.53. The van der Waals surface area contributed by atoms with Crippen molar-refractivity contribution >= 4 is 34.7 Å². The van der Waals surface area contributed by atoms with Gasteiger partial charge in [0, 0.05) is 13.1 Å². The maximum atomic E-state index is 12.3. The van der Waals surface area contributed by atoms with Gasteiger partial charge in [0.05, 0.1) is 18.3 Å². The predicted octanol–water partition coefficient (Wildman–Crippen LogP) is 2.72. The molecule has 0 unspecified atom stereocenters. The van der Waals surface area contributed by atoms with Crippen molar-refractivity contribution in [2.24, 2.45) is 5.92 Å². The van der Waals surface area contributed by atoms with Gasteiger partial charge in [0.1, 0.15) is 5.52 Å². The highest BCUT2D eigenvalue weighted by Crippen LogP contribution is 2.24. The number of nitrogens with zero attached hydrogens (tertiary/aromatic N) is 2. The molecule has 1 saturated heterocycles. The monoisotopic (exact) mass is 348 g/mol. The number of esters is 1. The number of benzene rings is 1. The van der Waals surface area contributed by atoms with E-state index in [1.54, 1.807) is 11.8 Å². The number of thioether (sulfide) groups is 1. The summed E-state index contributed by atoms with van der Waals surface area (Å²) in [5.41, 5.74) is 1.52. The lowest BCUT2D eigenvalue weighted by molar-refractivity contribution is -0.151. The molecule has 2 aromatic rings. The summed E-state index contributed by atoms with van der Waals surface area (Å²) in [5.74, 6) is 0.102. The van der Waals surface area contributed by atoms with Crippen LogP contribution in [0.15, 0.2) is 33.9 Å². The number of piperidine rings is 1. The molecule has 7 heteroatoms. The average Bonchev–Trinajstić information content (AvgIpc) is 3.03. The third-order valence-electron chi connectivity index (χ3n) is 4.06. The van der Waals surface area contributed by atoms with E-state index in [1.807, 2.05) is 24.3 Å². The van der Waals surface area contributed by atoms with Gasteiger partial charge in [0.15, 0.2) is 5.58 Å². The molecule has 0 aliphatic carbocycles. The molecule has 24 heavy (non-hydrogen) atoms. The quantitative estimate of drug-likeness (QED) is 0.611. The molecule has 1 aromatic carbocycles. The number of fused-ring (bicyclic) bond motifs is 1. The van der Waals surface area contributed by atoms with Crippen molar-refractivity contribution in [1.82, 2.24) is 9.88 Å². The van der Waals surface area contributed by atoms with E-state index in [0.29, 0.717) is 37.8 Å². The van der Waals surface area contributed by atoms with Gasteiger partial charge in [-0.25, -0.2) is 4.98 Å². The minimum absolute atomic E-state index is 0.0459. The fraction of sp³-hybridized carbons (Fsp3) is 0.471. The smallest absolute Gasteiger partial charge is 0.309 e. The Bertz CT molecular complexity index is 689. The van der Waals surface area contributed by atoms with Gasteiger partial charge in [-0.15, -0.1) is 0 Å². The molecule has 1 fully saturated rings. The Balaban J connectivity index is 1.48. The summed E-state index contributed by atoms with van der Waals surface area (Å²) in [6.45, 7) is 3.39. The van der Waals surface area contributed by atoms with Crippen LogP contribution in [0.3, 0.4) is 0 Å². The van der Waals surface area contributed by atoms with E-state index in [0.717, 1.165) is 11.1 Å². The van der Waals surface area contributed by atoms with Crippen molar-refractivity contribution in [2.45, 2.75) is 25.0 Å². The number of ether oxygens (including phenoxy) is 1. The second-order valence-corrected chi connectivity index (χ2v) is 6.57. The number of likely N-dealkylation sites (tertiary alicyclic amines) is 1. The van der Waals surface area contributed by atoms with Crippen molar-refractivity contribution in [1.29, 1.82) is 0 Å². The number of rotatable bonds is 5. The van der Waals surface area contributed by atoms with Crippen molar-refractivity contribution in [3.63, 3.8) is 0 Å². The SMILES string of the molecule is CCOC(=O)C1CCN(C(=O)CSc2nc3ccccc3o2)CC1. The van der Waals surface area contributed by atoms with Crippen LogP contribution in [-0.4, -0.2) is 47.2 Å². The molecule has 128 valence electrons. The molecule has 0 saturated carbocycles. The van der Waals surface area contributed by atoms with Crippen molar-refractivity contribution in [3.05, 3.63) is 24.3 Å². The van der Waals surface area contributed by atoms with Gasteiger partial charge in [-0.05, 0) is 31.9 Å². The zero-order chi connectivity index (χ0) is 16.9. The number of hydrogen-bond donors (Lipinski definition) is 0. The Morgan fingerprint density at radius 1 is 1.33 bits per heavy atom. The Hall–Kier alpha value is -2.02. The van der Waals surface area contributed by atoms with Crippen molar-refractivity contribution < 1.29 is 18.7 Å². The number of oxazole rings is 1. The molecule has 6 nitrogen and oxygen atoms in total. The minimum Gasteiger partial charge on any atom is -0.466 e. The second-order valence-electron chi connectivity index (χ2n) is 5.64. The summed E-state index contributed by atoms with van der Waals surface area (Å²) < 4.78 is 10.6. The predicted molar refractivity (Wildman–Crippen MR) is 90.7 cm³/mol. The average molecular weight is 348 g/mol. The first-order chi connectivity index (χ1) is 11.7. The maximum absolute atomic E-state index is 12.3. The summed E-state index contributed by atoms with van der Waals surface area (Å²) in [5, 5.41) is 0.506.